The molecule has 0 atom stereocenters. The number of benzene rings is 3. The van der Waals surface area contributed by atoms with Crippen molar-refractivity contribution in [1.29, 1.82) is 0 Å². The van der Waals surface area contributed by atoms with Crippen LogP contribution < -0.4 is 9.47 Å². The molecule has 6 heteroatoms. The second-order valence-corrected chi connectivity index (χ2v) is 6.90. The summed E-state index contributed by atoms with van der Waals surface area (Å²) in [6.07, 6.45) is 7.99. The van der Waals surface area contributed by atoms with Gasteiger partial charge in [0.15, 0.2) is 11.6 Å². The molecule has 0 spiro atoms. The van der Waals surface area contributed by atoms with Crippen molar-refractivity contribution in [2.45, 2.75) is 0 Å². The average Bonchev–Trinajstić information content (AvgIpc) is 2.85. The van der Waals surface area contributed by atoms with Crippen molar-refractivity contribution < 1.29 is 27.8 Å². The molecule has 170 valence electrons. The van der Waals surface area contributed by atoms with E-state index >= 15 is 0 Å². The summed E-state index contributed by atoms with van der Waals surface area (Å²) < 4.78 is 39.5. The third-order valence-electron chi connectivity index (χ3n) is 4.58. The number of para-hydroxylation sites is 1. The van der Waals surface area contributed by atoms with E-state index in [-0.39, 0.29) is 16.9 Å². The molecule has 3 aromatic carbocycles. The Kier molecular flexibility index (Phi) is 8.02. The minimum absolute atomic E-state index is 0.0258. The molecule has 0 aliphatic rings. The highest BCUT2D eigenvalue weighted by Crippen LogP contribution is 2.24. The van der Waals surface area contributed by atoms with E-state index in [4.69, 9.17) is 9.47 Å². The Labute approximate surface area is 195 Å². The fraction of sp³-hybridized carbons (Fsp3) is 0. The van der Waals surface area contributed by atoms with Gasteiger partial charge in [0.2, 0.25) is 0 Å². The molecule has 0 bridgehead atoms. The molecule has 0 amide bonds. The first-order chi connectivity index (χ1) is 16.4. The summed E-state index contributed by atoms with van der Waals surface area (Å²) in [5, 5.41) is 0. The first-order valence-electron chi connectivity index (χ1n) is 10.1. The highest BCUT2D eigenvalue weighted by atomic mass is 19.2. The Morgan fingerprint density at radius 1 is 0.676 bits per heavy atom. The summed E-state index contributed by atoms with van der Waals surface area (Å²) >= 11 is 0. The molecule has 34 heavy (non-hydrogen) atoms. The Morgan fingerprint density at radius 3 is 1.94 bits per heavy atom. The zero-order chi connectivity index (χ0) is 24.5. The van der Waals surface area contributed by atoms with Gasteiger partial charge in [-0.1, -0.05) is 79.9 Å². The van der Waals surface area contributed by atoms with Crippen LogP contribution in [-0.4, -0.2) is 11.9 Å². The standard InChI is InChI=1S/C28H20F2O4/c1-3-25(31)33-23-10-7-8-19(18-23)12-13-21-16-17-22(28(30)27(21)29)15-14-20-9-5-6-11-24(20)34-26(32)4-2/h3-18H,1-2H2/b13-12+,15-14+. The molecule has 0 fully saturated rings. The van der Waals surface area contributed by atoms with Crippen molar-refractivity contribution >= 4 is 36.2 Å². The van der Waals surface area contributed by atoms with Crippen LogP contribution in [0.5, 0.6) is 11.5 Å². The van der Waals surface area contributed by atoms with Crippen LogP contribution in [0.15, 0.2) is 86.0 Å². The van der Waals surface area contributed by atoms with Gasteiger partial charge < -0.3 is 9.47 Å². The van der Waals surface area contributed by atoms with Gasteiger partial charge in [-0.2, -0.15) is 0 Å². The number of hydrogen-bond acceptors (Lipinski definition) is 4. The molecular formula is C28H20F2O4. The largest absolute Gasteiger partial charge is 0.423 e. The van der Waals surface area contributed by atoms with Gasteiger partial charge in [-0.3, -0.25) is 0 Å². The van der Waals surface area contributed by atoms with Crippen LogP contribution in [0.1, 0.15) is 22.3 Å². The van der Waals surface area contributed by atoms with E-state index in [1.165, 1.54) is 30.4 Å². The molecule has 3 aromatic rings. The number of esters is 2. The van der Waals surface area contributed by atoms with Gasteiger partial charge in [-0.25, -0.2) is 18.4 Å². The second kappa shape index (κ2) is 11.3. The molecule has 0 saturated carbocycles. The number of hydrogen-bond donors (Lipinski definition) is 0. The van der Waals surface area contributed by atoms with Crippen LogP contribution in [0.2, 0.25) is 0 Å². The third-order valence-corrected chi connectivity index (χ3v) is 4.58. The number of carbonyl (C=O) groups is 2. The number of halogens is 2. The van der Waals surface area contributed by atoms with Crippen molar-refractivity contribution in [2.75, 3.05) is 0 Å². The lowest BCUT2D eigenvalue weighted by Crippen LogP contribution is -2.04. The van der Waals surface area contributed by atoms with Crippen LogP contribution >= 0.6 is 0 Å². The molecule has 0 N–H and O–H groups in total. The third kappa shape index (κ3) is 6.23. The molecule has 0 aliphatic heterocycles. The van der Waals surface area contributed by atoms with E-state index in [2.05, 4.69) is 13.2 Å². The van der Waals surface area contributed by atoms with Gasteiger partial charge >= 0.3 is 11.9 Å². The lowest BCUT2D eigenvalue weighted by molar-refractivity contribution is -0.129. The van der Waals surface area contributed by atoms with E-state index in [9.17, 15) is 18.4 Å². The lowest BCUT2D eigenvalue weighted by Gasteiger charge is -2.06. The molecule has 4 nitrogen and oxygen atoms in total. The zero-order valence-corrected chi connectivity index (χ0v) is 18.0. The molecule has 0 aliphatic carbocycles. The van der Waals surface area contributed by atoms with Gasteiger partial charge in [-0.05, 0) is 23.8 Å². The fourth-order valence-corrected chi connectivity index (χ4v) is 2.90. The first kappa shape index (κ1) is 24.1. The number of rotatable bonds is 8. The van der Waals surface area contributed by atoms with Crippen LogP contribution in [0.3, 0.4) is 0 Å². The van der Waals surface area contributed by atoms with E-state index < -0.39 is 23.6 Å². The minimum Gasteiger partial charge on any atom is -0.423 e. The highest BCUT2D eigenvalue weighted by molar-refractivity contribution is 5.85. The first-order valence-corrected chi connectivity index (χ1v) is 10.1. The van der Waals surface area contributed by atoms with E-state index in [1.807, 2.05) is 0 Å². The molecule has 0 heterocycles. The van der Waals surface area contributed by atoms with Gasteiger partial charge in [0.1, 0.15) is 11.5 Å². The lowest BCUT2D eigenvalue weighted by atomic mass is 10.1. The topological polar surface area (TPSA) is 52.6 Å². The van der Waals surface area contributed by atoms with Crippen LogP contribution in [0.25, 0.3) is 24.3 Å². The summed E-state index contributed by atoms with van der Waals surface area (Å²) in [6, 6.07) is 16.1. The Balaban J connectivity index is 1.81. The Morgan fingerprint density at radius 2 is 1.26 bits per heavy atom. The van der Waals surface area contributed by atoms with Gasteiger partial charge in [0.05, 0.1) is 0 Å². The second-order valence-electron chi connectivity index (χ2n) is 6.90. The minimum atomic E-state index is -1.02. The monoisotopic (exact) mass is 458 g/mol. The van der Waals surface area contributed by atoms with Gasteiger partial charge in [0.25, 0.3) is 0 Å². The Hall–Kier alpha value is -4.58. The van der Waals surface area contributed by atoms with Gasteiger partial charge in [-0.15, -0.1) is 0 Å². The predicted molar refractivity (Wildman–Crippen MR) is 129 cm³/mol. The molecule has 0 aromatic heterocycles. The predicted octanol–water partition coefficient (Wildman–Crippen LogP) is 6.49. The zero-order valence-electron chi connectivity index (χ0n) is 18.0. The average molecular weight is 458 g/mol. The summed E-state index contributed by atoms with van der Waals surface area (Å²) in [4.78, 5) is 22.8. The maximum atomic E-state index is 14.7. The molecule has 0 unspecified atom stereocenters. The number of carbonyl (C=O) groups excluding carboxylic acids is 2. The van der Waals surface area contributed by atoms with Crippen molar-refractivity contribution in [1.82, 2.24) is 0 Å². The summed E-state index contributed by atoms with van der Waals surface area (Å²) in [5.41, 5.74) is 1.21. The highest BCUT2D eigenvalue weighted by Gasteiger charge is 2.11. The maximum absolute atomic E-state index is 14.7. The van der Waals surface area contributed by atoms with Crippen LogP contribution in [0, 0.1) is 11.6 Å². The van der Waals surface area contributed by atoms with Crippen molar-refractivity contribution in [2.24, 2.45) is 0 Å². The summed E-state index contributed by atoms with van der Waals surface area (Å²) in [6.45, 7) is 6.69. The number of ether oxygens (including phenoxy) is 2. The van der Waals surface area contributed by atoms with Crippen molar-refractivity contribution in [3.63, 3.8) is 0 Å². The summed E-state index contributed by atoms with van der Waals surface area (Å²) in [5.74, 6) is -2.69. The smallest absolute Gasteiger partial charge is 0.335 e. The normalized spacial score (nSPS) is 10.9. The molecule has 3 rings (SSSR count). The SMILES string of the molecule is C=CC(=O)Oc1cccc(/C=C/c2ccc(/C=C/c3ccccc3OC(=O)C=C)c(F)c2F)c1. The maximum Gasteiger partial charge on any atom is 0.335 e. The van der Waals surface area contributed by atoms with E-state index in [0.29, 0.717) is 16.9 Å². The van der Waals surface area contributed by atoms with Gasteiger partial charge in [0, 0.05) is 28.8 Å². The Bertz CT molecular complexity index is 1310. The fourth-order valence-electron chi connectivity index (χ4n) is 2.90. The molecule has 0 saturated heterocycles. The van der Waals surface area contributed by atoms with Crippen molar-refractivity contribution in [3.05, 3.63) is 120 Å². The molecular weight excluding hydrogens is 438 g/mol. The van der Waals surface area contributed by atoms with E-state index in [1.54, 1.807) is 54.6 Å². The van der Waals surface area contributed by atoms with Crippen LogP contribution in [0.4, 0.5) is 8.78 Å². The molecule has 0 radical (unpaired) electrons. The van der Waals surface area contributed by atoms with E-state index in [0.717, 1.165) is 12.2 Å². The summed E-state index contributed by atoms with van der Waals surface area (Å²) in [7, 11) is 0. The quantitative estimate of drug-likeness (QED) is 0.168. The van der Waals surface area contributed by atoms with Crippen molar-refractivity contribution in [3.8, 4) is 11.5 Å². The van der Waals surface area contributed by atoms with Crippen LogP contribution in [-0.2, 0) is 9.59 Å².